The first-order valence-corrected chi connectivity index (χ1v) is 8.81. The Labute approximate surface area is 144 Å². The van der Waals surface area contributed by atoms with Gasteiger partial charge < -0.3 is 11.1 Å². The lowest BCUT2D eigenvalue weighted by atomic mass is 9.93. The first kappa shape index (κ1) is 14.9. The lowest BCUT2D eigenvalue weighted by Crippen LogP contribution is -2.12. The number of thiazole rings is 1. The highest BCUT2D eigenvalue weighted by atomic mass is 32.1. The topological polar surface area (TPSA) is 68.0 Å². The van der Waals surface area contributed by atoms with Crippen LogP contribution in [0.4, 0.5) is 5.69 Å². The number of nitrogens with zero attached hydrogens (tertiary/aromatic N) is 1. The smallest absolute Gasteiger partial charge is 0.248 e. The maximum Gasteiger partial charge on any atom is 0.248 e. The molecule has 1 aromatic heterocycles. The third kappa shape index (κ3) is 2.67. The van der Waals surface area contributed by atoms with E-state index in [0.717, 1.165) is 41.1 Å². The van der Waals surface area contributed by atoms with E-state index >= 15 is 0 Å². The average Bonchev–Trinajstić information content (AvgIpc) is 3.15. The van der Waals surface area contributed by atoms with E-state index in [-0.39, 0.29) is 0 Å². The fraction of sp³-hybridized carbons (Fsp3) is 0.158. The zero-order valence-corrected chi connectivity index (χ0v) is 13.9. The van der Waals surface area contributed by atoms with Gasteiger partial charge >= 0.3 is 0 Å². The van der Waals surface area contributed by atoms with Crippen LogP contribution in [0.2, 0.25) is 0 Å². The molecule has 1 aliphatic rings. The Morgan fingerprint density at radius 2 is 2.08 bits per heavy atom. The summed E-state index contributed by atoms with van der Waals surface area (Å²) in [6, 6.07) is 12.1. The molecule has 0 aliphatic carbocycles. The number of hydrogen-bond donors (Lipinski definition) is 2. The molecule has 0 spiro atoms. The molecule has 1 amide bonds. The molecule has 4 nitrogen and oxygen atoms in total. The Hall–Kier alpha value is -2.66. The van der Waals surface area contributed by atoms with Crippen molar-refractivity contribution in [3.63, 3.8) is 0 Å². The molecule has 2 aromatic carbocycles. The van der Waals surface area contributed by atoms with Crippen molar-refractivity contribution < 1.29 is 4.79 Å². The Balaban J connectivity index is 1.87. The molecule has 1 aliphatic heterocycles. The number of aromatic nitrogens is 1. The van der Waals surface area contributed by atoms with Gasteiger partial charge in [-0.15, -0.1) is 11.3 Å². The van der Waals surface area contributed by atoms with E-state index < -0.39 is 5.91 Å². The van der Waals surface area contributed by atoms with Crippen molar-refractivity contribution in [3.8, 4) is 21.7 Å². The van der Waals surface area contributed by atoms with Crippen LogP contribution < -0.4 is 11.1 Å². The van der Waals surface area contributed by atoms with E-state index in [4.69, 9.17) is 5.73 Å². The van der Waals surface area contributed by atoms with Crippen LogP contribution in [0.1, 0.15) is 22.3 Å². The minimum Gasteiger partial charge on any atom is -0.385 e. The monoisotopic (exact) mass is 335 g/mol. The maximum atomic E-state index is 11.6. The fourth-order valence-corrected chi connectivity index (χ4v) is 3.79. The summed E-state index contributed by atoms with van der Waals surface area (Å²) in [7, 11) is 0. The summed E-state index contributed by atoms with van der Waals surface area (Å²) < 4.78 is 0. The van der Waals surface area contributed by atoms with E-state index in [1.165, 1.54) is 11.3 Å². The fourth-order valence-electron chi connectivity index (χ4n) is 3.13. The summed E-state index contributed by atoms with van der Waals surface area (Å²) in [5.41, 5.74) is 11.7. The number of benzene rings is 2. The largest absolute Gasteiger partial charge is 0.385 e. The molecule has 0 fully saturated rings. The molecule has 0 unspecified atom stereocenters. The maximum absolute atomic E-state index is 11.6. The number of nitrogens with two attached hydrogens (primary N) is 1. The van der Waals surface area contributed by atoms with Gasteiger partial charge in [0, 0.05) is 34.9 Å². The van der Waals surface area contributed by atoms with E-state index in [1.807, 2.05) is 17.5 Å². The molecule has 120 valence electrons. The number of anilines is 1. The number of aryl methyl sites for hydroxylation is 1. The number of nitrogens with one attached hydrogen (secondary N) is 1. The minimum absolute atomic E-state index is 0.422. The van der Waals surface area contributed by atoms with Crippen molar-refractivity contribution in [1.29, 1.82) is 0 Å². The van der Waals surface area contributed by atoms with Gasteiger partial charge in [0.1, 0.15) is 5.01 Å². The van der Waals surface area contributed by atoms with Crippen LogP contribution in [0.3, 0.4) is 0 Å². The van der Waals surface area contributed by atoms with Crippen molar-refractivity contribution in [1.82, 2.24) is 4.98 Å². The van der Waals surface area contributed by atoms with E-state index in [9.17, 15) is 4.79 Å². The molecule has 0 atom stereocenters. The summed E-state index contributed by atoms with van der Waals surface area (Å²) in [6.07, 6.45) is 4.01. The second-order valence-corrected chi connectivity index (χ2v) is 6.76. The third-order valence-electron chi connectivity index (χ3n) is 4.32. The predicted molar refractivity (Wildman–Crippen MR) is 98.3 cm³/mol. The molecule has 0 bridgehead atoms. The summed E-state index contributed by atoms with van der Waals surface area (Å²) in [6.45, 7) is 1.03. The van der Waals surface area contributed by atoms with Gasteiger partial charge in [0.05, 0.1) is 0 Å². The second kappa shape index (κ2) is 6.09. The highest BCUT2D eigenvalue weighted by Gasteiger charge is 2.15. The van der Waals surface area contributed by atoms with E-state index in [1.54, 1.807) is 23.6 Å². The number of rotatable bonds is 3. The molecular weight excluding hydrogens is 318 g/mol. The average molecular weight is 335 g/mol. The molecule has 24 heavy (non-hydrogen) atoms. The van der Waals surface area contributed by atoms with Gasteiger partial charge in [0.25, 0.3) is 0 Å². The summed E-state index contributed by atoms with van der Waals surface area (Å²) in [4.78, 5) is 16.0. The Morgan fingerprint density at radius 1 is 1.17 bits per heavy atom. The predicted octanol–water partition coefficient (Wildman–Crippen LogP) is 3.93. The highest BCUT2D eigenvalue weighted by molar-refractivity contribution is 7.13. The van der Waals surface area contributed by atoms with Crippen LogP contribution in [-0.2, 0) is 6.42 Å². The van der Waals surface area contributed by atoms with E-state index in [2.05, 4.69) is 28.5 Å². The molecule has 0 saturated heterocycles. The molecule has 3 aromatic rings. The molecule has 3 N–H and O–H groups in total. The molecule has 5 heteroatoms. The summed E-state index contributed by atoms with van der Waals surface area (Å²) in [5, 5.41) is 6.27. The number of primary amides is 1. The molecule has 4 rings (SSSR count). The lowest BCUT2D eigenvalue weighted by molar-refractivity contribution is 0.100. The molecule has 0 saturated carbocycles. The van der Waals surface area contributed by atoms with Gasteiger partial charge in [0.15, 0.2) is 0 Å². The van der Waals surface area contributed by atoms with Crippen LogP contribution >= 0.6 is 11.3 Å². The number of hydrogen-bond acceptors (Lipinski definition) is 4. The Kier molecular flexibility index (Phi) is 3.78. The molecular formula is C19H17N3OS. The number of fused-ring (bicyclic) bond motifs is 1. The zero-order chi connectivity index (χ0) is 16.5. The SMILES string of the molecule is NC(=O)c1ccc(-c2ccc3c(c2)CCCN3)c(-c2nccs2)c1. The third-order valence-corrected chi connectivity index (χ3v) is 5.13. The summed E-state index contributed by atoms with van der Waals surface area (Å²) in [5.74, 6) is -0.422. The number of carbonyl (C=O) groups is 1. The Bertz CT molecular complexity index is 903. The van der Waals surface area contributed by atoms with E-state index in [0.29, 0.717) is 5.56 Å². The highest BCUT2D eigenvalue weighted by Crippen LogP contribution is 2.36. The van der Waals surface area contributed by atoms with Crippen molar-refractivity contribution in [2.24, 2.45) is 5.73 Å². The van der Waals surface area contributed by atoms with Gasteiger partial charge in [-0.3, -0.25) is 4.79 Å². The normalized spacial score (nSPS) is 13.2. The van der Waals surface area contributed by atoms with Gasteiger partial charge in [-0.05, 0) is 53.8 Å². The first-order chi connectivity index (χ1) is 11.7. The van der Waals surface area contributed by atoms with Gasteiger partial charge in [-0.25, -0.2) is 4.98 Å². The van der Waals surface area contributed by atoms with Crippen LogP contribution in [0.5, 0.6) is 0 Å². The second-order valence-electron chi connectivity index (χ2n) is 5.86. The Morgan fingerprint density at radius 3 is 2.88 bits per heavy atom. The summed E-state index contributed by atoms with van der Waals surface area (Å²) >= 11 is 1.56. The standard InChI is InChI=1S/C19H17N3OS/c20-18(23)14-3-5-15(16(11-14)19-22-8-9-24-19)12-4-6-17-13(10-12)2-1-7-21-17/h3-6,8-11,21H,1-2,7H2,(H2,20,23). The van der Waals surface area contributed by atoms with Crippen LogP contribution in [0.15, 0.2) is 48.0 Å². The lowest BCUT2D eigenvalue weighted by Gasteiger charge is -2.19. The van der Waals surface area contributed by atoms with Crippen molar-refractivity contribution in [2.45, 2.75) is 12.8 Å². The zero-order valence-electron chi connectivity index (χ0n) is 13.1. The van der Waals surface area contributed by atoms with Gasteiger partial charge in [-0.2, -0.15) is 0 Å². The molecule has 2 heterocycles. The molecule has 0 radical (unpaired) electrons. The van der Waals surface area contributed by atoms with Crippen LogP contribution in [0.25, 0.3) is 21.7 Å². The number of carbonyl (C=O) groups excluding carboxylic acids is 1. The quantitative estimate of drug-likeness (QED) is 0.762. The van der Waals surface area contributed by atoms with Crippen LogP contribution in [-0.4, -0.2) is 17.4 Å². The van der Waals surface area contributed by atoms with Gasteiger partial charge in [-0.1, -0.05) is 12.1 Å². The number of amides is 1. The van der Waals surface area contributed by atoms with Crippen molar-refractivity contribution >= 4 is 22.9 Å². The minimum atomic E-state index is -0.422. The van der Waals surface area contributed by atoms with Crippen molar-refractivity contribution in [2.75, 3.05) is 11.9 Å². The first-order valence-electron chi connectivity index (χ1n) is 7.93. The van der Waals surface area contributed by atoms with Gasteiger partial charge in [0.2, 0.25) is 5.91 Å². The van der Waals surface area contributed by atoms with Crippen molar-refractivity contribution in [3.05, 3.63) is 59.1 Å². The van der Waals surface area contributed by atoms with Crippen LogP contribution in [0, 0.1) is 0 Å².